The van der Waals surface area contributed by atoms with Crippen molar-refractivity contribution < 1.29 is 4.57 Å². The van der Waals surface area contributed by atoms with Gasteiger partial charge in [0, 0.05) is 0 Å². The van der Waals surface area contributed by atoms with Crippen molar-refractivity contribution in [1.82, 2.24) is 4.57 Å². The summed E-state index contributed by atoms with van der Waals surface area (Å²) in [7, 11) is 0. The maximum Gasteiger partial charge on any atom is 0.243 e. The van der Waals surface area contributed by atoms with Crippen LogP contribution in [0.15, 0.2) is 18.7 Å². The van der Waals surface area contributed by atoms with Gasteiger partial charge in [-0.1, -0.05) is 73.1 Å². The smallest absolute Gasteiger partial charge is 0.237 e. The molecule has 146 valence electrons. The van der Waals surface area contributed by atoms with E-state index in [2.05, 4.69) is 62.5 Å². The van der Waals surface area contributed by atoms with Crippen LogP contribution in [0.1, 0.15) is 111 Å². The molecule has 0 amide bonds. The zero-order valence-corrected chi connectivity index (χ0v) is 17.8. The van der Waals surface area contributed by atoms with Crippen LogP contribution >= 0.6 is 0 Å². The molecule has 2 atom stereocenters. The summed E-state index contributed by atoms with van der Waals surface area (Å²) in [5, 5.41) is 0. The Morgan fingerprint density at radius 1 is 0.800 bits per heavy atom. The molecule has 0 saturated carbocycles. The number of imidazole rings is 1. The van der Waals surface area contributed by atoms with Gasteiger partial charge in [-0.3, -0.25) is 0 Å². The lowest BCUT2D eigenvalue weighted by Gasteiger charge is -2.17. The molecule has 0 bridgehead atoms. The van der Waals surface area contributed by atoms with Crippen molar-refractivity contribution in [3.63, 3.8) is 0 Å². The van der Waals surface area contributed by atoms with Crippen molar-refractivity contribution in [2.75, 3.05) is 0 Å². The molecule has 0 aliphatic carbocycles. The Morgan fingerprint density at radius 2 is 1.56 bits per heavy atom. The van der Waals surface area contributed by atoms with Crippen LogP contribution in [0.3, 0.4) is 0 Å². The monoisotopic (exact) mass is 349 g/mol. The van der Waals surface area contributed by atoms with Gasteiger partial charge < -0.3 is 0 Å². The molecule has 1 aromatic rings. The van der Waals surface area contributed by atoms with Gasteiger partial charge in [-0.2, -0.15) is 0 Å². The van der Waals surface area contributed by atoms with E-state index in [9.17, 15) is 0 Å². The van der Waals surface area contributed by atoms with Gasteiger partial charge in [0.25, 0.3) is 0 Å². The van der Waals surface area contributed by atoms with E-state index < -0.39 is 0 Å². The fraction of sp³-hybridized carbons (Fsp3) is 0.870. The van der Waals surface area contributed by atoms with E-state index in [0.717, 1.165) is 18.4 Å². The molecule has 0 fully saturated rings. The number of aryl methyl sites for hydroxylation is 1. The van der Waals surface area contributed by atoms with Crippen LogP contribution in [0.25, 0.3) is 0 Å². The first-order valence-electron chi connectivity index (χ1n) is 11.1. The highest BCUT2D eigenvalue weighted by molar-refractivity contribution is 4.76. The van der Waals surface area contributed by atoms with Crippen LogP contribution < -0.4 is 4.57 Å². The third-order valence-electron chi connectivity index (χ3n) is 5.52. The van der Waals surface area contributed by atoms with Gasteiger partial charge in [0.2, 0.25) is 6.33 Å². The lowest BCUT2D eigenvalue weighted by molar-refractivity contribution is -0.697. The average molecular weight is 350 g/mol. The van der Waals surface area contributed by atoms with Crippen molar-refractivity contribution in [2.45, 2.75) is 118 Å². The van der Waals surface area contributed by atoms with Crippen molar-refractivity contribution in [3.8, 4) is 0 Å². The summed E-state index contributed by atoms with van der Waals surface area (Å²) >= 11 is 0. The SMILES string of the molecule is CCCCCC(CCC(C)CCCC(C)C)n1cc[n+](CCCC)c1. The van der Waals surface area contributed by atoms with E-state index in [4.69, 9.17) is 0 Å². The maximum absolute atomic E-state index is 2.51. The van der Waals surface area contributed by atoms with Crippen LogP contribution in [0.2, 0.25) is 0 Å². The topological polar surface area (TPSA) is 8.81 Å². The van der Waals surface area contributed by atoms with Gasteiger partial charge in [0.1, 0.15) is 18.4 Å². The molecule has 0 aliphatic rings. The van der Waals surface area contributed by atoms with Crippen LogP contribution in [0.4, 0.5) is 0 Å². The van der Waals surface area contributed by atoms with Gasteiger partial charge in [0.15, 0.2) is 0 Å². The number of hydrogen-bond acceptors (Lipinski definition) is 0. The highest BCUT2D eigenvalue weighted by Crippen LogP contribution is 2.25. The molecule has 2 unspecified atom stereocenters. The van der Waals surface area contributed by atoms with E-state index in [1.807, 2.05) is 0 Å². The molecule has 0 N–H and O–H groups in total. The molecule has 1 heterocycles. The minimum atomic E-state index is 0.696. The fourth-order valence-corrected chi connectivity index (χ4v) is 3.67. The molecule has 0 radical (unpaired) electrons. The van der Waals surface area contributed by atoms with E-state index in [1.54, 1.807) is 0 Å². The zero-order chi connectivity index (χ0) is 18.5. The Morgan fingerprint density at radius 3 is 2.24 bits per heavy atom. The fourth-order valence-electron chi connectivity index (χ4n) is 3.67. The van der Waals surface area contributed by atoms with Crippen molar-refractivity contribution >= 4 is 0 Å². The second-order valence-corrected chi connectivity index (χ2v) is 8.61. The molecule has 0 aromatic carbocycles. The van der Waals surface area contributed by atoms with E-state index >= 15 is 0 Å². The summed E-state index contributed by atoms with van der Waals surface area (Å²) in [5.74, 6) is 1.72. The number of rotatable bonds is 15. The average Bonchev–Trinajstić information content (AvgIpc) is 3.04. The summed E-state index contributed by atoms with van der Waals surface area (Å²) in [5.41, 5.74) is 0. The molecule has 0 saturated heterocycles. The quantitative estimate of drug-likeness (QED) is 0.239. The third-order valence-corrected chi connectivity index (χ3v) is 5.52. The molecule has 0 aliphatic heterocycles. The van der Waals surface area contributed by atoms with E-state index in [-0.39, 0.29) is 0 Å². The molecule has 2 nitrogen and oxygen atoms in total. The van der Waals surface area contributed by atoms with Gasteiger partial charge in [-0.05, 0) is 43.9 Å². The minimum Gasteiger partial charge on any atom is -0.237 e. The third kappa shape index (κ3) is 10.1. The Hall–Kier alpha value is -0.790. The van der Waals surface area contributed by atoms with Gasteiger partial charge in [-0.15, -0.1) is 0 Å². The number of aromatic nitrogens is 2. The molecular formula is C23H45N2+. The van der Waals surface area contributed by atoms with Crippen LogP contribution in [0.5, 0.6) is 0 Å². The van der Waals surface area contributed by atoms with Crippen molar-refractivity contribution in [1.29, 1.82) is 0 Å². The number of hydrogen-bond donors (Lipinski definition) is 0. The highest BCUT2D eigenvalue weighted by Gasteiger charge is 2.18. The number of nitrogens with zero attached hydrogens (tertiary/aromatic N) is 2. The maximum atomic E-state index is 2.51. The molecule has 1 rings (SSSR count). The van der Waals surface area contributed by atoms with Crippen LogP contribution in [-0.2, 0) is 6.54 Å². The second kappa shape index (κ2) is 13.4. The minimum absolute atomic E-state index is 0.696. The molecule has 2 heteroatoms. The summed E-state index contributed by atoms with van der Waals surface area (Å²) in [6.45, 7) is 12.9. The van der Waals surface area contributed by atoms with E-state index in [1.165, 1.54) is 70.6 Å². The van der Waals surface area contributed by atoms with Gasteiger partial charge >= 0.3 is 0 Å². The molecule has 25 heavy (non-hydrogen) atoms. The first-order valence-corrected chi connectivity index (χ1v) is 11.1. The standard InChI is InChI=1S/C23H45N2/c1-6-8-10-14-23(16-15-22(5)13-11-12-21(3)4)25-19-18-24(20-25)17-9-7-2/h18-23H,6-17H2,1-5H3/q+1. The lowest BCUT2D eigenvalue weighted by atomic mass is 9.93. The van der Waals surface area contributed by atoms with Gasteiger partial charge in [-0.25, -0.2) is 9.13 Å². The first kappa shape index (κ1) is 22.3. The summed E-state index contributed by atoms with van der Waals surface area (Å²) in [6.07, 6.45) is 21.8. The highest BCUT2D eigenvalue weighted by atomic mass is 15.1. The second-order valence-electron chi connectivity index (χ2n) is 8.61. The lowest BCUT2D eigenvalue weighted by Crippen LogP contribution is -2.31. The largest absolute Gasteiger partial charge is 0.243 e. The predicted molar refractivity (Wildman–Crippen MR) is 110 cm³/mol. The Bertz CT molecular complexity index is 421. The molecule has 1 aromatic heterocycles. The predicted octanol–water partition coefficient (Wildman–Crippen LogP) is 6.94. The zero-order valence-electron chi connectivity index (χ0n) is 17.8. The molecule has 0 spiro atoms. The molecular weight excluding hydrogens is 304 g/mol. The van der Waals surface area contributed by atoms with Gasteiger partial charge in [0.05, 0.1) is 6.54 Å². The summed E-state index contributed by atoms with van der Waals surface area (Å²) in [4.78, 5) is 0. The normalized spacial score (nSPS) is 14.2. The Labute approximate surface area is 158 Å². The Balaban J connectivity index is 2.50. The van der Waals surface area contributed by atoms with Crippen LogP contribution in [0, 0.1) is 11.8 Å². The van der Waals surface area contributed by atoms with Crippen molar-refractivity contribution in [3.05, 3.63) is 18.7 Å². The van der Waals surface area contributed by atoms with Crippen LogP contribution in [-0.4, -0.2) is 4.57 Å². The van der Waals surface area contributed by atoms with E-state index in [0.29, 0.717) is 6.04 Å². The first-order chi connectivity index (χ1) is 12.1. The number of unbranched alkanes of at least 4 members (excludes halogenated alkanes) is 3. The Kier molecular flexibility index (Phi) is 11.9. The van der Waals surface area contributed by atoms with Crippen molar-refractivity contribution in [2.24, 2.45) is 11.8 Å². The summed E-state index contributed by atoms with van der Waals surface area (Å²) < 4.78 is 4.88. The summed E-state index contributed by atoms with van der Waals surface area (Å²) in [6, 6.07) is 0.696.